The van der Waals surface area contributed by atoms with Crippen molar-refractivity contribution in [2.75, 3.05) is 14.2 Å². The molecule has 0 bridgehead atoms. The fourth-order valence-corrected chi connectivity index (χ4v) is 2.98. The van der Waals surface area contributed by atoms with Crippen molar-refractivity contribution in [2.24, 2.45) is 0 Å². The first kappa shape index (κ1) is 29.4. The number of methoxy groups -OCH3 is 2. The van der Waals surface area contributed by atoms with Gasteiger partial charge in [-0.1, -0.05) is 51.3 Å². The first-order valence-electron chi connectivity index (χ1n) is 9.57. The van der Waals surface area contributed by atoms with Gasteiger partial charge in [0, 0.05) is 13.0 Å². The molecule has 0 fully saturated rings. The SMILES string of the molecule is C.C.COC(=O)[C@H](Cc1ccccc1)NC(=O)[C@H](CC(=O)O)NCc1ccc(OC)c(O)c1. The lowest BCUT2D eigenvalue weighted by Gasteiger charge is -2.21. The van der Waals surface area contributed by atoms with E-state index >= 15 is 0 Å². The Morgan fingerprint density at radius 2 is 1.64 bits per heavy atom. The average Bonchev–Trinajstić information content (AvgIpc) is 2.76. The van der Waals surface area contributed by atoms with Crippen molar-refractivity contribution in [2.45, 2.75) is 46.3 Å². The molecule has 33 heavy (non-hydrogen) atoms. The number of amides is 1. The van der Waals surface area contributed by atoms with E-state index in [2.05, 4.69) is 10.6 Å². The van der Waals surface area contributed by atoms with Crippen molar-refractivity contribution >= 4 is 17.8 Å². The van der Waals surface area contributed by atoms with Crippen LogP contribution in [0.4, 0.5) is 0 Å². The van der Waals surface area contributed by atoms with Crippen molar-refractivity contribution in [3.63, 3.8) is 0 Å². The number of hydrogen-bond donors (Lipinski definition) is 4. The number of nitrogens with one attached hydrogen (secondary N) is 2. The van der Waals surface area contributed by atoms with E-state index < -0.39 is 36.4 Å². The molecular formula is C24H34N2O7. The number of hydrogen-bond acceptors (Lipinski definition) is 7. The van der Waals surface area contributed by atoms with Crippen molar-refractivity contribution in [3.8, 4) is 11.5 Å². The van der Waals surface area contributed by atoms with Gasteiger partial charge in [-0.05, 0) is 23.3 Å². The van der Waals surface area contributed by atoms with Gasteiger partial charge < -0.3 is 30.3 Å². The highest BCUT2D eigenvalue weighted by Gasteiger charge is 2.27. The van der Waals surface area contributed by atoms with Gasteiger partial charge in [0.25, 0.3) is 0 Å². The lowest BCUT2D eigenvalue weighted by molar-refractivity contribution is -0.145. The summed E-state index contributed by atoms with van der Waals surface area (Å²) in [7, 11) is 2.64. The van der Waals surface area contributed by atoms with E-state index in [1.54, 1.807) is 12.1 Å². The Kier molecular flexibility index (Phi) is 12.9. The van der Waals surface area contributed by atoms with E-state index in [0.29, 0.717) is 11.3 Å². The third kappa shape index (κ3) is 9.20. The molecule has 9 nitrogen and oxygen atoms in total. The predicted octanol–water partition coefficient (Wildman–Crippen LogP) is 2.51. The highest BCUT2D eigenvalue weighted by atomic mass is 16.5. The third-order valence-corrected chi connectivity index (χ3v) is 4.58. The lowest BCUT2D eigenvalue weighted by Crippen LogP contribution is -2.51. The van der Waals surface area contributed by atoms with Crippen LogP contribution < -0.4 is 15.4 Å². The number of carboxylic acid groups (broad SMARTS) is 1. The number of carbonyl (C=O) groups excluding carboxylic acids is 2. The minimum atomic E-state index is -1.18. The molecule has 0 aliphatic heterocycles. The number of phenolic OH excluding ortho intramolecular Hbond substituents is 1. The lowest BCUT2D eigenvalue weighted by atomic mass is 10.0. The molecule has 0 aliphatic rings. The molecular weight excluding hydrogens is 428 g/mol. The van der Waals surface area contributed by atoms with Crippen molar-refractivity contribution < 1.29 is 34.1 Å². The molecule has 9 heteroatoms. The van der Waals surface area contributed by atoms with Gasteiger partial charge in [0.1, 0.15) is 6.04 Å². The maximum Gasteiger partial charge on any atom is 0.328 e. The van der Waals surface area contributed by atoms with Crippen LogP contribution in [-0.2, 0) is 32.1 Å². The van der Waals surface area contributed by atoms with Gasteiger partial charge >= 0.3 is 11.9 Å². The number of rotatable bonds is 11. The molecule has 0 aliphatic carbocycles. The molecule has 2 rings (SSSR count). The number of phenols is 1. The summed E-state index contributed by atoms with van der Waals surface area (Å²) in [5.74, 6) is -2.24. The third-order valence-electron chi connectivity index (χ3n) is 4.58. The van der Waals surface area contributed by atoms with Gasteiger partial charge in [-0.25, -0.2) is 4.79 Å². The van der Waals surface area contributed by atoms with Crippen LogP contribution >= 0.6 is 0 Å². The molecule has 0 saturated heterocycles. The first-order valence-corrected chi connectivity index (χ1v) is 9.57. The van der Waals surface area contributed by atoms with Crippen molar-refractivity contribution in [1.82, 2.24) is 10.6 Å². The summed E-state index contributed by atoms with van der Waals surface area (Å²) >= 11 is 0. The zero-order valence-corrected chi connectivity index (χ0v) is 17.3. The molecule has 0 unspecified atom stereocenters. The van der Waals surface area contributed by atoms with Gasteiger partial charge in [-0.15, -0.1) is 0 Å². The minimum absolute atomic E-state index is 0. The second kappa shape index (κ2) is 14.5. The fraction of sp³-hybridized carbons (Fsp3) is 0.375. The smallest absolute Gasteiger partial charge is 0.328 e. The minimum Gasteiger partial charge on any atom is -0.504 e. The number of ether oxygens (including phenoxy) is 2. The van der Waals surface area contributed by atoms with Crippen LogP contribution in [0.2, 0.25) is 0 Å². The summed E-state index contributed by atoms with van der Waals surface area (Å²) in [6.45, 7) is 0.116. The number of esters is 1. The topological polar surface area (TPSA) is 134 Å². The number of aliphatic carboxylic acids is 1. The quantitative estimate of drug-likeness (QED) is 0.374. The molecule has 0 aromatic heterocycles. The summed E-state index contributed by atoms with van der Waals surface area (Å²) < 4.78 is 9.77. The monoisotopic (exact) mass is 462 g/mol. The van der Waals surface area contributed by atoms with Crippen LogP contribution in [-0.4, -0.2) is 54.4 Å². The fourth-order valence-electron chi connectivity index (χ4n) is 2.98. The van der Waals surface area contributed by atoms with Crippen molar-refractivity contribution in [3.05, 3.63) is 59.7 Å². The van der Waals surface area contributed by atoms with Gasteiger partial charge in [-0.2, -0.15) is 0 Å². The maximum absolute atomic E-state index is 12.8. The van der Waals surface area contributed by atoms with Crippen LogP contribution in [0.15, 0.2) is 48.5 Å². The molecule has 2 atom stereocenters. The van der Waals surface area contributed by atoms with E-state index in [4.69, 9.17) is 9.47 Å². The molecule has 0 radical (unpaired) electrons. The molecule has 0 heterocycles. The summed E-state index contributed by atoms with van der Waals surface area (Å²) in [6.07, 6.45) is -0.293. The number of carbonyl (C=O) groups is 3. The van der Waals surface area contributed by atoms with E-state index in [1.165, 1.54) is 20.3 Å². The van der Waals surface area contributed by atoms with E-state index in [1.807, 2.05) is 30.3 Å². The number of carboxylic acids is 1. The Labute approximate surface area is 194 Å². The average molecular weight is 463 g/mol. The second-order valence-corrected chi connectivity index (χ2v) is 6.81. The number of benzene rings is 2. The van der Waals surface area contributed by atoms with E-state index in [9.17, 15) is 24.6 Å². The van der Waals surface area contributed by atoms with Gasteiger partial charge in [0.15, 0.2) is 11.5 Å². The van der Waals surface area contributed by atoms with Crippen LogP contribution in [0, 0.1) is 0 Å². The Bertz CT molecular complexity index is 903. The highest BCUT2D eigenvalue weighted by molar-refractivity contribution is 5.90. The molecule has 2 aromatic rings. The van der Waals surface area contributed by atoms with Crippen molar-refractivity contribution in [1.29, 1.82) is 0 Å². The molecule has 182 valence electrons. The second-order valence-electron chi connectivity index (χ2n) is 6.81. The standard InChI is InChI=1S/C22H26N2O7.2CH4/c1-30-19-9-8-15(11-18(19)25)13-23-16(12-20(26)27)21(28)24-17(22(29)31-2)10-14-6-4-3-5-7-14;;/h3-9,11,16-17,23,25H,10,12-13H2,1-2H3,(H,24,28)(H,26,27);2*1H4/t16-,17-;;/m0../s1. The van der Waals surface area contributed by atoms with E-state index in [-0.39, 0.29) is 33.6 Å². The molecule has 2 aromatic carbocycles. The highest BCUT2D eigenvalue weighted by Crippen LogP contribution is 2.26. The Balaban J connectivity index is 0.00000512. The zero-order valence-electron chi connectivity index (χ0n) is 17.3. The summed E-state index contributed by atoms with van der Waals surface area (Å²) in [4.78, 5) is 36.2. The Morgan fingerprint density at radius 1 is 0.970 bits per heavy atom. The van der Waals surface area contributed by atoms with Gasteiger partial charge in [0.2, 0.25) is 5.91 Å². The normalized spacial score (nSPS) is 11.7. The van der Waals surface area contributed by atoms with Crippen LogP contribution in [0.25, 0.3) is 0 Å². The molecule has 1 amide bonds. The Hall–Kier alpha value is -3.59. The van der Waals surface area contributed by atoms with Crippen LogP contribution in [0.5, 0.6) is 11.5 Å². The zero-order chi connectivity index (χ0) is 22.8. The first-order chi connectivity index (χ1) is 14.8. The van der Waals surface area contributed by atoms with Gasteiger partial charge in [-0.3, -0.25) is 9.59 Å². The van der Waals surface area contributed by atoms with E-state index in [0.717, 1.165) is 5.56 Å². The summed E-state index contributed by atoms with van der Waals surface area (Å²) in [6, 6.07) is 11.7. The number of aromatic hydroxyl groups is 1. The summed E-state index contributed by atoms with van der Waals surface area (Å²) in [5, 5.41) is 24.5. The van der Waals surface area contributed by atoms with Crippen LogP contribution in [0.1, 0.15) is 32.4 Å². The molecule has 0 spiro atoms. The van der Waals surface area contributed by atoms with Gasteiger partial charge in [0.05, 0.1) is 26.7 Å². The maximum atomic E-state index is 12.8. The predicted molar refractivity (Wildman–Crippen MR) is 125 cm³/mol. The summed E-state index contributed by atoms with van der Waals surface area (Å²) in [5.41, 5.74) is 1.44. The molecule has 0 saturated carbocycles. The Morgan fingerprint density at radius 3 is 2.18 bits per heavy atom. The largest absolute Gasteiger partial charge is 0.504 e. The van der Waals surface area contributed by atoms with Crippen LogP contribution in [0.3, 0.4) is 0 Å². The molecule has 4 N–H and O–H groups in total.